The van der Waals surface area contributed by atoms with E-state index in [2.05, 4.69) is 47.6 Å². The minimum Gasteiger partial charge on any atom is -0.490 e. The van der Waals surface area contributed by atoms with Gasteiger partial charge in [-0.25, -0.2) is 4.98 Å². The smallest absolute Gasteiger partial charge is 0.124 e. The molecular formula is C29H34N6O. The molecule has 0 unspecified atom stereocenters. The summed E-state index contributed by atoms with van der Waals surface area (Å²) in [6.45, 7) is 7.84. The lowest BCUT2D eigenvalue weighted by molar-refractivity contribution is 0.130. The number of amidine groups is 2. The summed E-state index contributed by atoms with van der Waals surface area (Å²) in [4.78, 5) is 7.22. The molecule has 1 aliphatic heterocycles. The molecule has 5 rings (SSSR count). The van der Waals surface area contributed by atoms with Crippen molar-refractivity contribution in [2.45, 2.75) is 52.6 Å². The predicted molar refractivity (Wildman–Crippen MR) is 147 cm³/mol. The van der Waals surface area contributed by atoms with Gasteiger partial charge in [-0.15, -0.1) is 0 Å². The van der Waals surface area contributed by atoms with E-state index in [0.717, 1.165) is 89.0 Å². The molecule has 0 amide bonds. The van der Waals surface area contributed by atoms with Gasteiger partial charge in [0.25, 0.3) is 0 Å². The molecular weight excluding hydrogens is 448 g/mol. The first kappa shape index (κ1) is 23.9. The lowest BCUT2D eigenvalue weighted by Crippen LogP contribution is -2.40. The van der Waals surface area contributed by atoms with Crippen molar-refractivity contribution in [3.05, 3.63) is 65.5 Å². The standard InChI is InChI=1S/C29H34N6O/c1-4-7-27-33-28-18(2)26(36-20-14-16-34(17-15-20)19(3)30)13-12-25(28)35(27)24-11-10-23(29(31)32)21-8-5-6-9-22(21)24/h5-6,8-13,20,30H,4,7,14-17H2,1-3H3,(H3,31,32). The highest BCUT2D eigenvalue weighted by Gasteiger charge is 2.23. The molecule has 4 N–H and O–H groups in total. The van der Waals surface area contributed by atoms with Crippen LogP contribution in [-0.4, -0.2) is 45.3 Å². The number of nitrogens with two attached hydrogens (primary N) is 1. The molecule has 7 nitrogen and oxygen atoms in total. The number of nitrogens with zero attached hydrogens (tertiary/aromatic N) is 3. The third-order valence-electron chi connectivity index (χ3n) is 7.22. The topological polar surface area (TPSA) is 104 Å². The number of ether oxygens (including phenoxy) is 1. The Hall–Kier alpha value is -3.87. The Labute approximate surface area is 211 Å². The van der Waals surface area contributed by atoms with Gasteiger partial charge in [-0.2, -0.15) is 0 Å². The molecule has 2 heterocycles. The summed E-state index contributed by atoms with van der Waals surface area (Å²) in [5, 5.41) is 17.9. The number of benzene rings is 3. The number of nitrogens with one attached hydrogen (secondary N) is 2. The monoisotopic (exact) mass is 482 g/mol. The first-order chi connectivity index (χ1) is 17.4. The van der Waals surface area contributed by atoms with E-state index in [1.165, 1.54) is 0 Å². The number of nitrogen functional groups attached to an aromatic ring is 1. The van der Waals surface area contributed by atoms with Crippen molar-refractivity contribution in [1.29, 1.82) is 10.8 Å². The molecule has 0 spiro atoms. The molecule has 1 aliphatic rings. The molecule has 36 heavy (non-hydrogen) atoms. The fourth-order valence-electron chi connectivity index (χ4n) is 5.30. The van der Waals surface area contributed by atoms with E-state index in [1.807, 2.05) is 31.2 Å². The second-order valence-corrected chi connectivity index (χ2v) is 9.65. The van der Waals surface area contributed by atoms with Crippen molar-refractivity contribution in [2.75, 3.05) is 13.1 Å². The summed E-state index contributed by atoms with van der Waals surface area (Å²) >= 11 is 0. The van der Waals surface area contributed by atoms with Gasteiger partial charge in [-0.1, -0.05) is 31.2 Å². The number of imidazole rings is 1. The van der Waals surface area contributed by atoms with Gasteiger partial charge in [-0.05, 0) is 49.9 Å². The van der Waals surface area contributed by atoms with Gasteiger partial charge < -0.3 is 15.4 Å². The molecule has 0 aliphatic carbocycles. The number of hydrogen-bond donors (Lipinski definition) is 3. The molecule has 1 aromatic heterocycles. The molecule has 1 fully saturated rings. The van der Waals surface area contributed by atoms with E-state index in [9.17, 15) is 0 Å². The zero-order valence-electron chi connectivity index (χ0n) is 21.3. The Morgan fingerprint density at radius 1 is 1.06 bits per heavy atom. The lowest BCUT2D eigenvalue weighted by Gasteiger charge is -2.33. The Morgan fingerprint density at radius 3 is 2.44 bits per heavy atom. The van der Waals surface area contributed by atoms with Crippen LogP contribution in [0.3, 0.4) is 0 Å². The summed E-state index contributed by atoms with van der Waals surface area (Å²) in [6, 6.07) is 16.3. The largest absolute Gasteiger partial charge is 0.490 e. The van der Waals surface area contributed by atoms with Crippen molar-refractivity contribution in [2.24, 2.45) is 5.73 Å². The van der Waals surface area contributed by atoms with Crippen molar-refractivity contribution < 1.29 is 4.74 Å². The highest BCUT2D eigenvalue weighted by Crippen LogP contribution is 2.34. The normalized spacial score (nSPS) is 14.5. The van der Waals surface area contributed by atoms with Gasteiger partial charge in [-0.3, -0.25) is 15.4 Å². The van der Waals surface area contributed by atoms with Gasteiger partial charge in [0.05, 0.1) is 22.6 Å². The van der Waals surface area contributed by atoms with Crippen LogP contribution >= 0.6 is 0 Å². The summed E-state index contributed by atoms with van der Waals surface area (Å²) in [6.07, 6.45) is 3.82. The molecule has 1 saturated heterocycles. The van der Waals surface area contributed by atoms with Crippen LogP contribution < -0.4 is 10.5 Å². The van der Waals surface area contributed by atoms with E-state index in [1.54, 1.807) is 0 Å². The number of fused-ring (bicyclic) bond motifs is 2. The van der Waals surface area contributed by atoms with Crippen LogP contribution in [0.2, 0.25) is 0 Å². The second kappa shape index (κ2) is 9.64. The van der Waals surface area contributed by atoms with Crippen LogP contribution in [0.15, 0.2) is 48.5 Å². The van der Waals surface area contributed by atoms with E-state index in [4.69, 9.17) is 26.3 Å². The van der Waals surface area contributed by atoms with E-state index in [-0.39, 0.29) is 11.9 Å². The highest BCUT2D eigenvalue weighted by atomic mass is 16.5. The average molecular weight is 483 g/mol. The van der Waals surface area contributed by atoms with E-state index < -0.39 is 0 Å². The average Bonchev–Trinajstić information content (AvgIpc) is 3.24. The van der Waals surface area contributed by atoms with Crippen LogP contribution in [0.25, 0.3) is 27.5 Å². The van der Waals surface area contributed by atoms with Gasteiger partial charge in [0.1, 0.15) is 23.5 Å². The van der Waals surface area contributed by atoms with Gasteiger partial charge in [0, 0.05) is 48.9 Å². The van der Waals surface area contributed by atoms with Crippen molar-refractivity contribution in [3.63, 3.8) is 0 Å². The molecule has 0 radical (unpaired) electrons. The third kappa shape index (κ3) is 4.19. The van der Waals surface area contributed by atoms with Gasteiger partial charge in [0.2, 0.25) is 0 Å². The van der Waals surface area contributed by atoms with Crippen LogP contribution in [0, 0.1) is 17.7 Å². The molecule has 3 aromatic carbocycles. The van der Waals surface area contributed by atoms with Crippen LogP contribution in [-0.2, 0) is 6.42 Å². The number of piperidine rings is 1. The maximum Gasteiger partial charge on any atom is 0.124 e. The zero-order valence-corrected chi connectivity index (χ0v) is 21.3. The summed E-state index contributed by atoms with van der Waals surface area (Å²) in [7, 11) is 0. The quantitative estimate of drug-likeness (QED) is 0.247. The molecule has 0 atom stereocenters. The SMILES string of the molecule is CCCc1nc2c(C)c(OC3CCN(C(C)=N)CC3)ccc2n1-c1ccc(C(=N)N)c2ccccc12. The zero-order chi connectivity index (χ0) is 25.4. The van der Waals surface area contributed by atoms with Crippen LogP contribution in [0.5, 0.6) is 5.75 Å². The molecule has 0 bridgehead atoms. The Balaban J connectivity index is 1.58. The Kier molecular flexibility index (Phi) is 6.39. The maximum absolute atomic E-state index is 8.02. The lowest BCUT2D eigenvalue weighted by atomic mass is 10.0. The Bertz CT molecular complexity index is 1460. The molecule has 7 heteroatoms. The fraction of sp³-hybridized carbons (Fsp3) is 0.345. The van der Waals surface area contributed by atoms with Crippen LogP contribution in [0.1, 0.15) is 50.1 Å². The number of hydrogen-bond acceptors (Lipinski definition) is 4. The first-order valence-corrected chi connectivity index (χ1v) is 12.7. The summed E-state index contributed by atoms with van der Waals surface area (Å²) in [5.74, 6) is 2.60. The van der Waals surface area contributed by atoms with Crippen molar-refractivity contribution in [1.82, 2.24) is 14.5 Å². The number of aryl methyl sites for hydroxylation is 2. The fourth-order valence-corrected chi connectivity index (χ4v) is 5.30. The second-order valence-electron chi connectivity index (χ2n) is 9.65. The number of aromatic nitrogens is 2. The highest BCUT2D eigenvalue weighted by molar-refractivity contribution is 6.10. The number of rotatable bonds is 6. The third-order valence-corrected chi connectivity index (χ3v) is 7.22. The van der Waals surface area contributed by atoms with E-state index in [0.29, 0.717) is 5.84 Å². The molecule has 4 aromatic rings. The summed E-state index contributed by atoms with van der Waals surface area (Å²) < 4.78 is 8.72. The van der Waals surface area contributed by atoms with Crippen molar-refractivity contribution in [3.8, 4) is 11.4 Å². The molecule has 186 valence electrons. The predicted octanol–water partition coefficient (Wildman–Crippen LogP) is 5.56. The van der Waals surface area contributed by atoms with Gasteiger partial charge >= 0.3 is 0 Å². The van der Waals surface area contributed by atoms with Crippen molar-refractivity contribution >= 4 is 33.5 Å². The Morgan fingerprint density at radius 2 is 1.78 bits per heavy atom. The molecule has 0 saturated carbocycles. The number of likely N-dealkylation sites (tertiary alicyclic amines) is 1. The van der Waals surface area contributed by atoms with Crippen LogP contribution in [0.4, 0.5) is 0 Å². The summed E-state index contributed by atoms with van der Waals surface area (Å²) in [5.41, 5.74) is 10.7. The first-order valence-electron chi connectivity index (χ1n) is 12.7. The minimum absolute atomic E-state index is 0.0706. The van der Waals surface area contributed by atoms with Gasteiger partial charge in [0.15, 0.2) is 0 Å². The maximum atomic E-state index is 8.02. The van der Waals surface area contributed by atoms with E-state index >= 15 is 0 Å². The minimum atomic E-state index is 0.0706.